The fourth-order valence-electron chi connectivity index (χ4n) is 2.91. The molecule has 0 saturated heterocycles. The van der Waals surface area contributed by atoms with Gasteiger partial charge in [0.2, 0.25) is 5.88 Å². The van der Waals surface area contributed by atoms with E-state index in [1.165, 1.54) is 25.7 Å². The van der Waals surface area contributed by atoms with Gasteiger partial charge < -0.3 is 15.8 Å². The number of rotatable bonds is 6. The number of aromatic nitrogens is 1. The van der Waals surface area contributed by atoms with Gasteiger partial charge in [-0.05, 0) is 76.3 Å². The average Bonchev–Trinajstić information content (AvgIpc) is 3.24. The van der Waals surface area contributed by atoms with Gasteiger partial charge in [-0.1, -0.05) is 0 Å². The number of pyridine rings is 1. The third-order valence-corrected chi connectivity index (χ3v) is 4.27. The van der Waals surface area contributed by atoms with Gasteiger partial charge in [-0.2, -0.15) is 4.98 Å². The highest BCUT2D eigenvalue weighted by Gasteiger charge is 2.41. The van der Waals surface area contributed by atoms with E-state index in [2.05, 4.69) is 10.3 Å². The first kappa shape index (κ1) is 14.5. The zero-order valence-electron chi connectivity index (χ0n) is 13.4. The molecular weight excluding hydrogens is 262 g/mol. The molecule has 3 rings (SSSR count). The Kier molecular flexibility index (Phi) is 3.72. The molecule has 0 aliphatic heterocycles. The highest BCUT2D eigenvalue weighted by Crippen LogP contribution is 2.49. The molecule has 1 heterocycles. The minimum Gasteiger partial charge on any atom is -0.470 e. The van der Waals surface area contributed by atoms with E-state index in [0.717, 1.165) is 30.1 Å². The number of hydrogen-bond donors (Lipinski definition) is 2. The molecule has 0 bridgehead atoms. The van der Waals surface area contributed by atoms with Gasteiger partial charge in [0.1, 0.15) is 11.4 Å². The number of ether oxygens (including phenoxy) is 1. The zero-order valence-corrected chi connectivity index (χ0v) is 13.4. The Hall–Kier alpha value is -1.45. The molecule has 0 aromatic carbocycles. The third-order valence-electron chi connectivity index (χ3n) is 4.27. The van der Waals surface area contributed by atoms with Gasteiger partial charge in [-0.15, -0.1) is 0 Å². The van der Waals surface area contributed by atoms with Crippen molar-refractivity contribution in [2.24, 2.45) is 17.8 Å². The SMILES string of the molecule is CC(C)(C)Oc1nc(NCC(C2CC2)C2CC2)ccc1N. The normalized spacial score (nSPS) is 18.9. The van der Waals surface area contributed by atoms with Crippen LogP contribution in [-0.4, -0.2) is 17.1 Å². The zero-order chi connectivity index (χ0) is 15.0. The maximum atomic E-state index is 5.95. The molecule has 0 atom stereocenters. The van der Waals surface area contributed by atoms with Crippen molar-refractivity contribution in [3.8, 4) is 5.88 Å². The molecule has 1 aromatic rings. The van der Waals surface area contributed by atoms with E-state index < -0.39 is 0 Å². The Bertz CT molecular complexity index is 489. The largest absolute Gasteiger partial charge is 0.470 e. The van der Waals surface area contributed by atoms with E-state index in [1.54, 1.807) is 0 Å². The molecule has 2 aliphatic carbocycles. The van der Waals surface area contributed by atoms with Gasteiger partial charge in [-0.3, -0.25) is 0 Å². The van der Waals surface area contributed by atoms with Crippen molar-refractivity contribution < 1.29 is 4.74 Å². The number of hydrogen-bond acceptors (Lipinski definition) is 4. The monoisotopic (exact) mass is 289 g/mol. The van der Waals surface area contributed by atoms with Crippen molar-refractivity contribution in [2.75, 3.05) is 17.6 Å². The van der Waals surface area contributed by atoms with E-state index in [0.29, 0.717) is 11.6 Å². The van der Waals surface area contributed by atoms with Crippen LogP contribution in [0.25, 0.3) is 0 Å². The number of nitrogen functional groups attached to an aromatic ring is 1. The summed E-state index contributed by atoms with van der Waals surface area (Å²) in [5.41, 5.74) is 6.26. The minimum absolute atomic E-state index is 0.287. The standard InChI is InChI=1S/C17H27N3O/c1-17(2,3)21-16-14(18)8-9-15(20-16)19-10-13(11-4-5-11)12-6-7-12/h8-9,11-13H,4-7,10,18H2,1-3H3,(H,19,20). The summed E-state index contributed by atoms with van der Waals surface area (Å²) in [6.07, 6.45) is 5.65. The third kappa shape index (κ3) is 4.02. The molecule has 0 spiro atoms. The lowest BCUT2D eigenvalue weighted by atomic mass is 9.98. The van der Waals surface area contributed by atoms with Gasteiger partial charge in [-0.25, -0.2) is 0 Å². The topological polar surface area (TPSA) is 60.2 Å². The lowest BCUT2D eigenvalue weighted by molar-refractivity contribution is 0.125. The molecule has 4 nitrogen and oxygen atoms in total. The van der Waals surface area contributed by atoms with Crippen molar-refractivity contribution in [2.45, 2.75) is 52.1 Å². The molecule has 1 aromatic heterocycles. The molecule has 116 valence electrons. The van der Waals surface area contributed by atoms with Crippen molar-refractivity contribution in [1.82, 2.24) is 4.98 Å². The predicted octanol–water partition coefficient (Wildman–Crippen LogP) is 3.69. The van der Waals surface area contributed by atoms with Crippen LogP contribution in [-0.2, 0) is 0 Å². The first-order chi connectivity index (χ1) is 9.92. The van der Waals surface area contributed by atoms with Crippen molar-refractivity contribution in [3.63, 3.8) is 0 Å². The van der Waals surface area contributed by atoms with E-state index in [1.807, 2.05) is 32.9 Å². The van der Waals surface area contributed by atoms with Crippen LogP contribution in [0.3, 0.4) is 0 Å². The second kappa shape index (κ2) is 5.39. The lowest BCUT2D eigenvalue weighted by Crippen LogP contribution is -2.24. The maximum absolute atomic E-state index is 5.95. The van der Waals surface area contributed by atoms with Crippen LogP contribution < -0.4 is 15.8 Å². The van der Waals surface area contributed by atoms with E-state index in [4.69, 9.17) is 10.5 Å². The number of nitrogens with zero attached hydrogens (tertiary/aromatic N) is 1. The quantitative estimate of drug-likeness (QED) is 0.838. The molecule has 0 radical (unpaired) electrons. The van der Waals surface area contributed by atoms with Gasteiger partial charge in [0.25, 0.3) is 0 Å². The van der Waals surface area contributed by atoms with Gasteiger partial charge in [0.15, 0.2) is 0 Å². The fraction of sp³-hybridized carbons (Fsp3) is 0.706. The fourth-order valence-corrected chi connectivity index (χ4v) is 2.91. The Morgan fingerprint density at radius 3 is 2.38 bits per heavy atom. The van der Waals surface area contributed by atoms with Crippen LogP contribution in [0, 0.1) is 17.8 Å². The molecule has 3 N–H and O–H groups in total. The molecule has 2 saturated carbocycles. The first-order valence-electron chi connectivity index (χ1n) is 8.12. The summed E-state index contributed by atoms with van der Waals surface area (Å²) in [5, 5.41) is 3.49. The number of anilines is 2. The number of nitrogens with two attached hydrogens (primary N) is 1. The first-order valence-corrected chi connectivity index (χ1v) is 8.12. The Labute approximate surface area is 127 Å². The van der Waals surface area contributed by atoms with Gasteiger partial charge >= 0.3 is 0 Å². The van der Waals surface area contributed by atoms with Crippen LogP contribution in [0.15, 0.2) is 12.1 Å². The summed E-state index contributed by atoms with van der Waals surface area (Å²) < 4.78 is 5.82. The molecule has 2 fully saturated rings. The lowest BCUT2D eigenvalue weighted by Gasteiger charge is -2.22. The highest BCUT2D eigenvalue weighted by atomic mass is 16.5. The summed E-state index contributed by atoms with van der Waals surface area (Å²) in [6.45, 7) is 7.04. The highest BCUT2D eigenvalue weighted by molar-refractivity contribution is 5.53. The van der Waals surface area contributed by atoms with Crippen LogP contribution >= 0.6 is 0 Å². The van der Waals surface area contributed by atoms with E-state index in [-0.39, 0.29) is 5.60 Å². The van der Waals surface area contributed by atoms with E-state index >= 15 is 0 Å². The van der Waals surface area contributed by atoms with Crippen molar-refractivity contribution in [3.05, 3.63) is 12.1 Å². The molecule has 21 heavy (non-hydrogen) atoms. The summed E-state index contributed by atoms with van der Waals surface area (Å²) in [4.78, 5) is 4.53. The predicted molar refractivity (Wildman–Crippen MR) is 86.5 cm³/mol. The molecular formula is C17H27N3O. The van der Waals surface area contributed by atoms with Crippen LogP contribution in [0.2, 0.25) is 0 Å². The average molecular weight is 289 g/mol. The molecule has 0 amide bonds. The summed E-state index contributed by atoms with van der Waals surface area (Å²) in [7, 11) is 0. The van der Waals surface area contributed by atoms with Gasteiger partial charge in [0.05, 0.1) is 5.69 Å². The molecule has 2 aliphatic rings. The minimum atomic E-state index is -0.287. The Morgan fingerprint density at radius 2 is 1.86 bits per heavy atom. The van der Waals surface area contributed by atoms with Crippen molar-refractivity contribution in [1.29, 1.82) is 0 Å². The summed E-state index contributed by atoms with van der Waals surface area (Å²) in [5.74, 6) is 4.13. The molecule has 0 unspecified atom stereocenters. The second-order valence-corrected chi connectivity index (χ2v) is 7.52. The Balaban J connectivity index is 1.63. The summed E-state index contributed by atoms with van der Waals surface area (Å²) in [6, 6.07) is 3.82. The number of nitrogens with one attached hydrogen (secondary N) is 1. The molecule has 4 heteroatoms. The van der Waals surface area contributed by atoms with Crippen LogP contribution in [0.4, 0.5) is 11.5 Å². The summed E-state index contributed by atoms with van der Waals surface area (Å²) >= 11 is 0. The smallest absolute Gasteiger partial charge is 0.239 e. The van der Waals surface area contributed by atoms with Crippen LogP contribution in [0.1, 0.15) is 46.5 Å². The Morgan fingerprint density at radius 1 is 1.24 bits per heavy atom. The van der Waals surface area contributed by atoms with Crippen LogP contribution in [0.5, 0.6) is 5.88 Å². The van der Waals surface area contributed by atoms with Crippen molar-refractivity contribution >= 4 is 11.5 Å². The maximum Gasteiger partial charge on any atom is 0.239 e. The second-order valence-electron chi connectivity index (χ2n) is 7.52. The van der Waals surface area contributed by atoms with E-state index in [9.17, 15) is 0 Å². The van der Waals surface area contributed by atoms with Gasteiger partial charge in [0, 0.05) is 6.54 Å².